The number of carbonyl (C=O) groups excluding carboxylic acids is 2. The minimum atomic E-state index is -5.05. The number of ketones is 1. The Labute approximate surface area is 169 Å². The third kappa shape index (κ3) is 4.71. The number of ether oxygens (including phenoxy) is 2. The lowest BCUT2D eigenvalue weighted by Gasteiger charge is -2.37. The Morgan fingerprint density at radius 2 is 1.86 bits per heavy atom. The molecule has 160 valence electrons. The van der Waals surface area contributed by atoms with Gasteiger partial charge in [-0.3, -0.25) is 4.79 Å². The summed E-state index contributed by atoms with van der Waals surface area (Å²) in [5.74, 6) is -2.69. The zero-order valence-electron chi connectivity index (χ0n) is 16.9. The van der Waals surface area contributed by atoms with E-state index in [1.165, 1.54) is 24.3 Å². The number of alkyl halides is 3. The van der Waals surface area contributed by atoms with Crippen molar-refractivity contribution in [3.8, 4) is 0 Å². The maximum atomic E-state index is 14.1. The Bertz CT molecular complexity index is 729. The van der Waals surface area contributed by atoms with Gasteiger partial charge in [0.05, 0.1) is 5.92 Å². The first kappa shape index (κ1) is 23.1. The van der Waals surface area contributed by atoms with Gasteiger partial charge in [0.15, 0.2) is 0 Å². The summed E-state index contributed by atoms with van der Waals surface area (Å²) in [6, 6.07) is 6.69. The molecule has 29 heavy (non-hydrogen) atoms. The van der Waals surface area contributed by atoms with Gasteiger partial charge in [-0.1, -0.05) is 55.8 Å². The number of rotatable bonds is 7. The Morgan fingerprint density at radius 1 is 1.21 bits per heavy atom. The van der Waals surface area contributed by atoms with Crippen molar-refractivity contribution in [2.45, 2.75) is 57.4 Å². The van der Waals surface area contributed by atoms with E-state index < -0.39 is 35.7 Å². The van der Waals surface area contributed by atoms with Gasteiger partial charge in [0.25, 0.3) is 5.60 Å². The van der Waals surface area contributed by atoms with E-state index in [0.717, 1.165) is 20.0 Å². The lowest BCUT2D eigenvalue weighted by Crippen LogP contribution is -2.54. The molecule has 0 aliphatic heterocycles. The van der Waals surface area contributed by atoms with E-state index >= 15 is 0 Å². The van der Waals surface area contributed by atoms with Crippen LogP contribution in [0.3, 0.4) is 0 Å². The van der Waals surface area contributed by atoms with Crippen molar-refractivity contribution < 1.29 is 32.2 Å². The molecule has 1 saturated carbocycles. The van der Waals surface area contributed by atoms with Crippen LogP contribution in [0.2, 0.25) is 0 Å². The van der Waals surface area contributed by atoms with Crippen molar-refractivity contribution in [2.75, 3.05) is 7.11 Å². The normalized spacial score (nSPS) is 22.1. The minimum Gasteiger partial charge on any atom is -0.458 e. The molecule has 0 heterocycles. The Hall–Kier alpha value is -2.15. The van der Waals surface area contributed by atoms with Gasteiger partial charge in [-0.2, -0.15) is 13.2 Å². The van der Waals surface area contributed by atoms with Crippen molar-refractivity contribution in [1.29, 1.82) is 0 Å². The molecule has 0 unspecified atom stereocenters. The molecule has 0 saturated heterocycles. The predicted octanol–water partition coefficient (Wildman–Crippen LogP) is 4.97. The van der Waals surface area contributed by atoms with Crippen LogP contribution in [0, 0.1) is 11.8 Å². The number of Topliss-reactive ketones (excluding diaryl/α,β-unsaturated/α-hetero) is 1. The van der Waals surface area contributed by atoms with E-state index in [1.807, 2.05) is 0 Å². The van der Waals surface area contributed by atoms with Crippen LogP contribution in [0.5, 0.6) is 0 Å². The van der Waals surface area contributed by atoms with Crippen molar-refractivity contribution in [2.24, 2.45) is 11.8 Å². The number of halogens is 3. The molecule has 0 radical (unpaired) electrons. The summed E-state index contributed by atoms with van der Waals surface area (Å²) in [4.78, 5) is 25.5. The van der Waals surface area contributed by atoms with E-state index in [9.17, 15) is 22.8 Å². The van der Waals surface area contributed by atoms with Crippen LogP contribution in [-0.4, -0.2) is 31.1 Å². The first-order chi connectivity index (χ1) is 13.7. The molecule has 4 atom stereocenters. The van der Waals surface area contributed by atoms with Crippen molar-refractivity contribution in [3.05, 3.63) is 48.0 Å². The monoisotopic (exact) mass is 412 g/mol. The highest BCUT2D eigenvalue weighted by Crippen LogP contribution is 2.44. The number of hydrogen-bond acceptors (Lipinski definition) is 4. The van der Waals surface area contributed by atoms with Crippen LogP contribution in [-0.2, 0) is 24.7 Å². The summed E-state index contributed by atoms with van der Waals surface area (Å²) in [6.45, 7) is 3.49. The summed E-state index contributed by atoms with van der Waals surface area (Å²) >= 11 is 0. The number of benzene rings is 1. The van der Waals surface area contributed by atoms with Gasteiger partial charge in [-0.05, 0) is 19.8 Å². The molecule has 0 bridgehead atoms. The van der Waals surface area contributed by atoms with Crippen LogP contribution in [0.1, 0.15) is 45.1 Å². The smallest absolute Gasteiger partial charge is 0.432 e. The fourth-order valence-corrected chi connectivity index (χ4v) is 3.92. The van der Waals surface area contributed by atoms with Crippen LogP contribution in [0.25, 0.3) is 0 Å². The van der Waals surface area contributed by atoms with Gasteiger partial charge < -0.3 is 9.47 Å². The summed E-state index contributed by atoms with van der Waals surface area (Å²) in [5, 5.41) is 0. The molecule has 1 fully saturated rings. The first-order valence-electron chi connectivity index (χ1n) is 9.73. The number of methoxy groups -OCH3 is 1. The highest BCUT2D eigenvalue weighted by Gasteiger charge is 2.64. The van der Waals surface area contributed by atoms with Crippen LogP contribution in [0.15, 0.2) is 42.5 Å². The molecule has 0 spiro atoms. The van der Waals surface area contributed by atoms with Crippen LogP contribution >= 0.6 is 0 Å². The molecule has 7 heteroatoms. The highest BCUT2D eigenvalue weighted by molar-refractivity contribution is 5.85. The lowest BCUT2D eigenvalue weighted by atomic mass is 9.79. The third-order valence-electron chi connectivity index (χ3n) is 5.43. The van der Waals surface area contributed by atoms with E-state index in [0.29, 0.717) is 12.8 Å². The van der Waals surface area contributed by atoms with Crippen LogP contribution < -0.4 is 0 Å². The highest BCUT2D eigenvalue weighted by atomic mass is 19.4. The first-order valence-corrected chi connectivity index (χ1v) is 9.73. The molecular weight excluding hydrogens is 385 g/mol. The van der Waals surface area contributed by atoms with E-state index in [1.54, 1.807) is 32.1 Å². The Morgan fingerprint density at radius 3 is 2.38 bits per heavy atom. The molecule has 0 N–H and O–H groups in total. The van der Waals surface area contributed by atoms with Crippen molar-refractivity contribution >= 4 is 11.8 Å². The molecule has 1 aliphatic rings. The van der Waals surface area contributed by atoms with Crippen molar-refractivity contribution in [1.82, 2.24) is 0 Å². The standard InChI is InChI=1S/C22H27F3O4/c1-4-10-15(2)19(17-13-8-9-14-18(17)26)29-20(27)21(28-3,22(23,24)25)16-11-6-5-7-12-16/h4-7,10-12,15,17,19H,8-9,13-14H2,1-3H3/b10-4+/t15-,17-,19+,21+/m0/s1. The maximum Gasteiger partial charge on any atom is 0.432 e. The number of hydrogen-bond donors (Lipinski definition) is 0. The summed E-state index contributed by atoms with van der Waals surface area (Å²) in [7, 11) is 0.831. The fourth-order valence-electron chi connectivity index (χ4n) is 3.92. The zero-order valence-corrected chi connectivity index (χ0v) is 16.9. The molecular formula is C22H27F3O4. The molecule has 0 amide bonds. The summed E-state index contributed by atoms with van der Waals surface area (Å²) < 4.78 is 52.6. The third-order valence-corrected chi connectivity index (χ3v) is 5.43. The number of esters is 1. The quantitative estimate of drug-likeness (QED) is 0.469. The van der Waals surface area contributed by atoms with E-state index in [2.05, 4.69) is 0 Å². The second-order valence-electron chi connectivity index (χ2n) is 7.32. The topological polar surface area (TPSA) is 52.6 Å². The van der Waals surface area contributed by atoms with Gasteiger partial charge in [-0.25, -0.2) is 4.79 Å². The summed E-state index contributed by atoms with van der Waals surface area (Å²) in [5.41, 5.74) is -3.63. The number of carbonyl (C=O) groups is 2. The fraction of sp³-hybridized carbons (Fsp3) is 0.545. The zero-order chi connectivity index (χ0) is 21.7. The van der Waals surface area contributed by atoms with E-state index in [4.69, 9.17) is 9.47 Å². The second-order valence-corrected chi connectivity index (χ2v) is 7.32. The molecule has 0 aromatic heterocycles. The molecule has 1 aromatic rings. The van der Waals surface area contributed by atoms with Gasteiger partial charge in [-0.15, -0.1) is 0 Å². The average molecular weight is 412 g/mol. The van der Waals surface area contributed by atoms with Gasteiger partial charge in [0, 0.05) is 25.0 Å². The molecule has 1 aliphatic carbocycles. The van der Waals surface area contributed by atoms with Crippen LogP contribution in [0.4, 0.5) is 13.2 Å². The number of allylic oxidation sites excluding steroid dienone is 1. The Balaban J connectivity index is 2.46. The van der Waals surface area contributed by atoms with E-state index in [-0.39, 0.29) is 11.3 Å². The molecule has 1 aromatic carbocycles. The Kier molecular flexibility index (Phi) is 7.63. The average Bonchev–Trinajstić information content (AvgIpc) is 2.67. The largest absolute Gasteiger partial charge is 0.458 e. The van der Waals surface area contributed by atoms with Gasteiger partial charge >= 0.3 is 12.1 Å². The minimum absolute atomic E-state index is 0.0832. The lowest BCUT2D eigenvalue weighted by molar-refractivity contribution is -0.279. The predicted molar refractivity (Wildman–Crippen MR) is 102 cm³/mol. The molecule has 4 nitrogen and oxygen atoms in total. The summed E-state index contributed by atoms with van der Waals surface area (Å²) in [6.07, 6.45) is -0.265. The second kappa shape index (κ2) is 9.57. The van der Waals surface area contributed by atoms with Gasteiger partial charge in [0.1, 0.15) is 11.9 Å². The molecule has 2 rings (SSSR count). The van der Waals surface area contributed by atoms with Gasteiger partial charge in [0.2, 0.25) is 0 Å². The SMILES string of the molecule is C/C=C/[C@H](C)[C@@H](OC(=O)[C@](OC)(c1ccccc1)C(F)(F)F)[C@H]1CCCCC1=O. The van der Waals surface area contributed by atoms with Crippen molar-refractivity contribution in [3.63, 3.8) is 0 Å². The maximum absolute atomic E-state index is 14.1.